The molecular weight excluding hydrogens is 352 g/mol. The summed E-state index contributed by atoms with van der Waals surface area (Å²) in [5, 5.41) is 18.3. The highest BCUT2D eigenvalue weighted by molar-refractivity contribution is 6.27. The lowest BCUT2D eigenvalue weighted by Crippen LogP contribution is -2.47. The summed E-state index contributed by atoms with van der Waals surface area (Å²) in [5.74, 6) is -2.03. The molecule has 1 unspecified atom stereocenters. The molecule has 1 saturated heterocycles. The van der Waals surface area contributed by atoms with Crippen LogP contribution in [0.1, 0.15) is 19.4 Å². The molecule has 27 heavy (non-hydrogen) atoms. The highest BCUT2D eigenvalue weighted by Gasteiger charge is 2.20. The lowest BCUT2D eigenvalue weighted by atomic mass is 10.1. The summed E-state index contributed by atoms with van der Waals surface area (Å²) < 4.78 is 11.0. The third-order valence-corrected chi connectivity index (χ3v) is 3.89. The molecule has 1 aliphatic rings. The smallest absolute Gasteiger partial charge is 0.414 e. The maximum absolute atomic E-state index is 9.10. The zero-order valence-electron chi connectivity index (χ0n) is 16.2. The Morgan fingerprint density at radius 2 is 1.89 bits per heavy atom. The number of benzene rings is 1. The molecule has 1 atom stereocenters. The Morgan fingerprint density at radius 3 is 2.41 bits per heavy atom. The Kier molecular flexibility index (Phi) is 10.4. The van der Waals surface area contributed by atoms with E-state index < -0.39 is 11.9 Å². The Hall–Kier alpha value is -2.16. The number of rotatable bonds is 7. The van der Waals surface area contributed by atoms with E-state index in [1.54, 1.807) is 7.11 Å². The molecule has 0 aliphatic carbocycles. The van der Waals surface area contributed by atoms with Crippen molar-refractivity contribution >= 4 is 11.9 Å². The van der Waals surface area contributed by atoms with E-state index in [1.807, 2.05) is 12.1 Å². The normalized spacial score (nSPS) is 17.1. The van der Waals surface area contributed by atoms with Gasteiger partial charge in [-0.2, -0.15) is 0 Å². The summed E-state index contributed by atoms with van der Waals surface area (Å²) in [6.07, 6.45) is 0.302. The highest BCUT2D eigenvalue weighted by Crippen LogP contribution is 2.11. The number of carboxylic acids is 2. The van der Waals surface area contributed by atoms with Gasteiger partial charge in [0.2, 0.25) is 0 Å². The van der Waals surface area contributed by atoms with Crippen LogP contribution in [0.5, 0.6) is 5.75 Å². The average Bonchev–Trinajstić information content (AvgIpc) is 2.62. The van der Waals surface area contributed by atoms with Crippen molar-refractivity contribution in [2.24, 2.45) is 5.92 Å². The highest BCUT2D eigenvalue weighted by atomic mass is 16.5. The number of ether oxygens (including phenoxy) is 2. The standard InChI is InChI=1S/C17H28N2O2.C2H2O4/c1-14(2)12-19-8-9-21-17(13-19)11-18-10-15-4-6-16(20-3)7-5-15;3-1(4)2(5)6/h4-7,14,17-18H,8-13H2,1-3H3;(H,3,4)(H,5,6). The SMILES string of the molecule is COc1ccc(CNCC2CN(CC(C)C)CCO2)cc1.O=C(O)C(=O)O. The van der Waals surface area contributed by atoms with E-state index in [2.05, 4.69) is 36.2 Å². The lowest BCUT2D eigenvalue weighted by Gasteiger charge is -2.34. The number of nitrogens with one attached hydrogen (secondary N) is 1. The molecule has 0 aromatic heterocycles. The second-order valence-electron chi connectivity index (χ2n) is 6.74. The van der Waals surface area contributed by atoms with Crippen LogP contribution in [0.15, 0.2) is 24.3 Å². The molecular formula is C19H30N2O6. The largest absolute Gasteiger partial charge is 0.497 e. The van der Waals surface area contributed by atoms with Gasteiger partial charge in [-0.25, -0.2) is 9.59 Å². The van der Waals surface area contributed by atoms with E-state index in [0.29, 0.717) is 6.10 Å². The molecule has 0 saturated carbocycles. The first kappa shape index (κ1) is 22.9. The first-order valence-corrected chi connectivity index (χ1v) is 8.95. The van der Waals surface area contributed by atoms with Crippen molar-refractivity contribution in [2.45, 2.75) is 26.5 Å². The summed E-state index contributed by atoms with van der Waals surface area (Å²) in [6.45, 7) is 10.4. The molecule has 3 N–H and O–H groups in total. The van der Waals surface area contributed by atoms with E-state index in [4.69, 9.17) is 29.3 Å². The van der Waals surface area contributed by atoms with Gasteiger partial charge < -0.3 is 25.0 Å². The fourth-order valence-electron chi connectivity index (χ4n) is 2.71. The Morgan fingerprint density at radius 1 is 1.26 bits per heavy atom. The first-order chi connectivity index (χ1) is 12.8. The second kappa shape index (κ2) is 12.3. The van der Waals surface area contributed by atoms with Crippen LogP contribution in [-0.4, -0.2) is 73.1 Å². The van der Waals surface area contributed by atoms with Gasteiger partial charge in [0.15, 0.2) is 0 Å². The molecule has 152 valence electrons. The Balaban J connectivity index is 0.000000527. The number of aliphatic carboxylic acids is 2. The molecule has 1 aromatic rings. The zero-order chi connectivity index (χ0) is 20.2. The molecule has 2 rings (SSSR count). The third kappa shape index (κ3) is 9.93. The maximum Gasteiger partial charge on any atom is 0.414 e. The van der Waals surface area contributed by atoms with Gasteiger partial charge in [-0.15, -0.1) is 0 Å². The molecule has 1 aromatic carbocycles. The van der Waals surface area contributed by atoms with Gasteiger partial charge in [0.25, 0.3) is 0 Å². The van der Waals surface area contributed by atoms with Gasteiger partial charge in [0, 0.05) is 32.7 Å². The number of methoxy groups -OCH3 is 1. The zero-order valence-corrected chi connectivity index (χ0v) is 16.2. The van der Waals surface area contributed by atoms with Crippen LogP contribution in [0, 0.1) is 5.92 Å². The molecule has 1 aliphatic heterocycles. The summed E-state index contributed by atoms with van der Waals surface area (Å²) >= 11 is 0. The summed E-state index contributed by atoms with van der Waals surface area (Å²) in [6, 6.07) is 8.19. The summed E-state index contributed by atoms with van der Waals surface area (Å²) in [7, 11) is 1.69. The fourth-order valence-corrected chi connectivity index (χ4v) is 2.71. The Bertz CT molecular complexity index is 564. The summed E-state index contributed by atoms with van der Waals surface area (Å²) in [4.78, 5) is 20.7. The van der Waals surface area contributed by atoms with Gasteiger partial charge in [-0.1, -0.05) is 26.0 Å². The number of hydrogen-bond donors (Lipinski definition) is 3. The van der Waals surface area contributed by atoms with Gasteiger partial charge in [-0.3, -0.25) is 4.90 Å². The van der Waals surface area contributed by atoms with Crippen LogP contribution >= 0.6 is 0 Å². The number of hydrogen-bond acceptors (Lipinski definition) is 6. The molecule has 0 amide bonds. The quantitative estimate of drug-likeness (QED) is 0.606. The Labute approximate surface area is 160 Å². The van der Waals surface area contributed by atoms with Crippen molar-refractivity contribution in [3.05, 3.63) is 29.8 Å². The maximum atomic E-state index is 9.10. The fraction of sp³-hybridized carbons (Fsp3) is 0.579. The van der Waals surface area contributed by atoms with Crippen LogP contribution in [0.3, 0.4) is 0 Å². The van der Waals surface area contributed by atoms with Gasteiger partial charge in [-0.05, 0) is 23.6 Å². The molecule has 0 radical (unpaired) electrons. The molecule has 0 spiro atoms. The van der Waals surface area contributed by atoms with Crippen molar-refractivity contribution in [1.29, 1.82) is 0 Å². The van der Waals surface area contributed by atoms with Gasteiger partial charge in [0.1, 0.15) is 5.75 Å². The van der Waals surface area contributed by atoms with E-state index in [-0.39, 0.29) is 0 Å². The van der Waals surface area contributed by atoms with Gasteiger partial charge >= 0.3 is 11.9 Å². The van der Waals surface area contributed by atoms with Crippen molar-refractivity contribution in [3.63, 3.8) is 0 Å². The van der Waals surface area contributed by atoms with Crippen LogP contribution in [0.2, 0.25) is 0 Å². The topological polar surface area (TPSA) is 108 Å². The molecule has 1 fully saturated rings. The van der Waals surface area contributed by atoms with Crippen molar-refractivity contribution in [2.75, 3.05) is 39.9 Å². The number of morpholine rings is 1. The van der Waals surface area contributed by atoms with Crippen molar-refractivity contribution in [1.82, 2.24) is 10.2 Å². The minimum atomic E-state index is -1.82. The molecule has 8 nitrogen and oxygen atoms in total. The monoisotopic (exact) mass is 382 g/mol. The summed E-state index contributed by atoms with van der Waals surface area (Å²) in [5.41, 5.74) is 1.27. The molecule has 8 heteroatoms. The lowest BCUT2D eigenvalue weighted by molar-refractivity contribution is -0.159. The van der Waals surface area contributed by atoms with Crippen molar-refractivity contribution < 1.29 is 29.3 Å². The van der Waals surface area contributed by atoms with E-state index in [1.165, 1.54) is 12.1 Å². The third-order valence-electron chi connectivity index (χ3n) is 3.89. The number of nitrogens with zero attached hydrogens (tertiary/aromatic N) is 1. The second-order valence-corrected chi connectivity index (χ2v) is 6.74. The molecule has 0 bridgehead atoms. The predicted octanol–water partition coefficient (Wildman–Crippen LogP) is 1.30. The minimum Gasteiger partial charge on any atom is -0.497 e. The molecule has 1 heterocycles. The average molecular weight is 382 g/mol. The number of carboxylic acid groups (broad SMARTS) is 2. The van der Waals surface area contributed by atoms with E-state index >= 15 is 0 Å². The number of carbonyl (C=O) groups is 2. The van der Waals surface area contributed by atoms with Crippen LogP contribution in [0.4, 0.5) is 0 Å². The van der Waals surface area contributed by atoms with Crippen molar-refractivity contribution in [3.8, 4) is 5.75 Å². The minimum absolute atomic E-state index is 0.302. The first-order valence-electron chi connectivity index (χ1n) is 8.95. The predicted molar refractivity (Wildman–Crippen MR) is 101 cm³/mol. The van der Waals surface area contributed by atoms with E-state index in [9.17, 15) is 0 Å². The van der Waals surface area contributed by atoms with Crippen LogP contribution in [0.25, 0.3) is 0 Å². The van der Waals surface area contributed by atoms with Gasteiger partial charge in [0.05, 0.1) is 19.8 Å². The van der Waals surface area contributed by atoms with E-state index in [0.717, 1.165) is 44.5 Å². The van der Waals surface area contributed by atoms with Crippen LogP contribution in [-0.2, 0) is 20.9 Å². The van der Waals surface area contributed by atoms with Crippen LogP contribution < -0.4 is 10.1 Å².